The van der Waals surface area contributed by atoms with E-state index in [1.165, 1.54) is 0 Å². The molecular weight excluding hydrogens is 198 g/mol. The summed E-state index contributed by atoms with van der Waals surface area (Å²) in [5.74, 6) is 0. The molecule has 0 spiro atoms. The lowest BCUT2D eigenvalue weighted by Crippen LogP contribution is -2.14. The minimum atomic E-state index is -0.367. The predicted molar refractivity (Wildman–Crippen MR) is 61.2 cm³/mol. The van der Waals surface area contributed by atoms with Crippen molar-refractivity contribution in [3.05, 3.63) is 28.8 Å². The Hall–Kier alpha value is -0.730. The second-order valence-electron chi connectivity index (χ2n) is 3.69. The van der Waals surface area contributed by atoms with E-state index < -0.39 is 0 Å². The van der Waals surface area contributed by atoms with Crippen molar-refractivity contribution in [2.45, 2.75) is 19.4 Å². The molecule has 0 aliphatic heterocycles. The van der Waals surface area contributed by atoms with E-state index in [1.54, 1.807) is 6.92 Å². The Morgan fingerprint density at radius 1 is 1.43 bits per heavy atom. The summed E-state index contributed by atoms with van der Waals surface area (Å²) in [6.07, 6.45) is 0.223. The number of benzene rings is 1. The molecule has 0 aliphatic carbocycles. The van der Waals surface area contributed by atoms with Crippen LogP contribution in [0.5, 0.6) is 0 Å². The van der Waals surface area contributed by atoms with Crippen LogP contribution in [0.1, 0.15) is 12.5 Å². The first-order chi connectivity index (χ1) is 6.52. The second-order valence-corrected chi connectivity index (χ2v) is 4.09. The first kappa shape index (κ1) is 11.3. The summed E-state index contributed by atoms with van der Waals surface area (Å²) >= 11 is 6.08. The molecule has 0 fully saturated rings. The standard InChI is InChI=1S/C11H16ClNO/c1-8(14)7-9-10(12)5-4-6-11(9)13(2)3/h4-6,8,14H,7H2,1-3H3. The largest absolute Gasteiger partial charge is 0.393 e. The monoisotopic (exact) mass is 213 g/mol. The average Bonchev–Trinajstić information content (AvgIpc) is 2.07. The summed E-state index contributed by atoms with van der Waals surface area (Å²) in [4.78, 5) is 2.00. The quantitative estimate of drug-likeness (QED) is 0.833. The summed E-state index contributed by atoms with van der Waals surface area (Å²) in [6, 6.07) is 5.78. The molecule has 78 valence electrons. The van der Waals surface area contributed by atoms with Gasteiger partial charge >= 0.3 is 0 Å². The molecule has 2 nitrogen and oxygen atoms in total. The van der Waals surface area contributed by atoms with Gasteiger partial charge in [-0.3, -0.25) is 0 Å². The van der Waals surface area contributed by atoms with Gasteiger partial charge in [0.1, 0.15) is 0 Å². The van der Waals surface area contributed by atoms with Gasteiger partial charge in [-0.1, -0.05) is 17.7 Å². The smallest absolute Gasteiger partial charge is 0.0553 e. The summed E-state index contributed by atoms with van der Waals surface area (Å²) < 4.78 is 0. The zero-order valence-corrected chi connectivity index (χ0v) is 9.54. The number of halogens is 1. The Morgan fingerprint density at radius 2 is 2.07 bits per heavy atom. The van der Waals surface area contributed by atoms with Crippen LogP contribution in [-0.2, 0) is 6.42 Å². The molecule has 1 N–H and O–H groups in total. The van der Waals surface area contributed by atoms with Crippen molar-refractivity contribution in [3.8, 4) is 0 Å². The minimum absolute atomic E-state index is 0.367. The Labute approximate surface area is 90.1 Å². The third-order valence-corrected chi connectivity index (χ3v) is 2.43. The van der Waals surface area contributed by atoms with Crippen molar-refractivity contribution >= 4 is 17.3 Å². The van der Waals surface area contributed by atoms with Crippen LogP contribution < -0.4 is 4.90 Å². The molecule has 1 aromatic carbocycles. The van der Waals surface area contributed by atoms with Crippen LogP contribution in [0.15, 0.2) is 18.2 Å². The summed E-state index contributed by atoms with van der Waals surface area (Å²) in [5, 5.41) is 10.1. The number of rotatable bonds is 3. The molecule has 0 aliphatic rings. The zero-order valence-electron chi connectivity index (χ0n) is 8.79. The Morgan fingerprint density at radius 3 is 2.57 bits per heavy atom. The van der Waals surface area contributed by atoms with Gasteiger partial charge in [-0.25, -0.2) is 0 Å². The van der Waals surface area contributed by atoms with Crippen LogP contribution >= 0.6 is 11.6 Å². The molecule has 3 heteroatoms. The average molecular weight is 214 g/mol. The summed E-state index contributed by atoms with van der Waals surface area (Å²) in [6.45, 7) is 1.77. The normalized spacial score (nSPS) is 12.6. The number of hydrogen-bond acceptors (Lipinski definition) is 2. The van der Waals surface area contributed by atoms with Gasteiger partial charge in [-0.15, -0.1) is 0 Å². The first-order valence-corrected chi connectivity index (χ1v) is 5.03. The molecular formula is C11H16ClNO. The van der Waals surface area contributed by atoms with Crippen LogP contribution in [0.4, 0.5) is 5.69 Å². The fraction of sp³-hybridized carbons (Fsp3) is 0.455. The Bertz CT molecular complexity index is 310. The third kappa shape index (κ3) is 2.63. The van der Waals surface area contributed by atoms with Gasteiger partial charge in [0.15, 0.2) is 0 Å². The Balaban J connectivity index is 3.09. The van der Waals surface area contributed by atoms with Crippen molar-refractivity contribution in [3.63, 3.8) is 0 Å². The van der Waals surface area contributed by atoms with E-state index in [1.807, 2.05) is 37.2 Å². The van der Waals surface area contributed by atoms with Crippen LogP contribution in [0, 0.1) is 0 Å². The lowest BCUT2D eigenvalue weighted by atomic mass is 10.1. The van der Waals surface area contributed by atoms with Crippen LogP contribution in [0.3, 0.4) is 0 Å². The van der Waals surface area contributed by atoms with Crippen molar-refractivity contribution in [2.75, 3.05) is 19.0 Å². The number of nitrogens with zero attached hydrogens (tertiary/aromatic N) is 1. The van der Waals surface area contributed by atoms with E-state index in [9.17, 15) is 5.11 Å². The molecule has 1 unspecified atom stereocenters. The fourth-order valence-corrected chi connectivity index (χ4v) is 1.71. The van der Waals surface area contributed by atoms with Gasteiger partial charge < -0.3 is 10.0 Å². The predicted octanol–water partition coefficient (Wildman–Crippen LogP) is 2.33. The molecule has 0 aromatic heterocycles. The molecule has 0 saturated carbocycles. The van der Waals surface area contributed by atoms with Gasteiger partial charge in [0.2, 0.25) is 0 Å². The maximum Gasteiger partial charge on any atom is 0.0553 e. The number of hydrogen-bond donors (Lipinski definition) is 1. The highest BCUT2D eigenvalue weighted by atomic mass is 35.5. The summed E-state index contributed by atoms with van der Waals surface area (Å²) in [7, 11) is 3.94. The number of anilines is 1. The molecule has 1 atom stereocenters. The molecule has 0 radical (unpaired) electrons. The highest BCUT2D eigenvalue weighted by Gasteiger charge is 2.10. The highest BCUT2D eigenvalue weighted by molar-refractivity contribution is 6.31. The van der Waals surface area contributed by atoms with Gasteiger partial charge in [-0.2, -0.15) is 0 Å². The minimum Gasteiger partial charge on any atom is -0.393 e. The van der Waals surface area contributed by atoms with E-state index in [0.717, 1.165) is 16.3 Å². The van der Waals surface area contributed by atoms with Crippen LogP contribution in [0.2, 0.25) is 5.02 Å². The van der Waals surface area contributed by atoms with E-state index in [-0.39, 0.29) is 6.10 Å². The number of aliphatic hydroxyl groups is 1. The van der Waals surface area contributed by atoms with E-state index in [4.69, 9.17) is 11.6 Å². The molecule has 0 saturated heterocycles. The molecule has 0 bridgehead atoms. The maximum absolute atomic E-state index is 9.36. The molecule has 0 amide bonds. The topological polar surface area (TPSA) is 23.5 Å². The van der Waals surface area contributed by atoms with Crippen LogP contribution in [-0.4, -0.2) is 25.3 Å². The van der Waals surface area contributed by atoms with Crippen molar-refractivity contribution < 1.29 is 5.11 Å². The lowest BCUT2D eigenvalue weighted by molar-refractivity contribution is 0.195. The molecule has 0 heterocycles. The van der Waals surface area contributed by atoms with Gasteiger partial charge in [-0.05, 0) is 24.6 Å². The number of aliphatic hydroxyl groups excluding tert-OH is 1. The first-order valence-electron chi connectivity index (χ1n) is 4.65. The van der Waals surface area contributed by atoms with Crippen molar-refractivity contribution in [2.24, 2.45) is 0 Å². The third-order valence-electron chi connectivity index (χ3n) is 2.08. The zero-order chi connectivity index (χ0) is 10.7. The Kier molecular flexibility index (Phi) is 3.78. The summed E-state index contributed by atoms with van der Waals surface area (Å²) in [5.41, 5.74) is 2.08. The van der Waals surface area contributed by atoms with E-state index >= 15 is 0 Å². The van der Waals surface area contributed by atoms with Gasteiger partial charge in [0.05, 0.1) is 6.10 Å². The molecule has 1 rings (SSSR count). The second kappa shape index (κ2) is 4.67. The molecule has 1 aromatic rings. The lowest BCUT2D eigenvalue weighted by Gasteiger charge is -2.19. The van der Waals surface area contributed by atoms with E-state index in [2.05, 4.69) is 0 Å². The fourth-order valence-electron chi connectivity index (χ4n) is 1.46. The maximum atomic E-state index is 9.36. The molecule has 14 heavy (non-hydrogen) atoms. The van der Waals surface area contributed by atoms with Crippen molar-refractivity contribution in [1.29, 1.82) is 0 Å². The highest BCUT2D eigenvalue weighted by Crippen LogP contribution is 2.27. The van der Waals surface area contributed by atoms with Gasteiger partial charge in [0.25, 0.3) is 0 Å². The SMILES string of the molecule is CC(O)Cc1c(Cl)cccc1N(C)C. The van der Waals surface area contributed by atoms with E-state index in [0.29, 0.717) is 6.42 Å². The van der Waals surface area contributed by atoms with Crippen LogP contribution in [0.25, 0.3) is 0 Å². The van der Waals surface area contributed by atoms with Crippen molar-refractivity contribution in [1.82, 2.24) is 0 Å². The van der Waals surface area contributed by atoms with Gasteiger partial charge in [0, 0.05) is 31.2 Å².